The molecule has 112 valence electrons. The van der Waals surface area contributed by atoms with Crippen LogP contribution in [-0.4, -0.2) is 29.9 Å². The van der Waals surface area contributed by atoms with Gasteiger partial charge in [0.1, 0.15) is 0 Å². The van der Waals surface area contributed by atoms with Crippen LogP contribution >= 0.6 is 0 Å². The molecule has 1 heterocycles. The predicted molar refractivity (Wildman–Crippen MR) is 80.8 cm³/mol. The summed E-state index contributed by atoms with van der Waals surface area (Å²) in [5.41, 5.74) is 0.759. The Hall–Kier alpha value is -1.88. The van der Waals surface area contributed by atoms with E-state index in [2.05, 4.69) is 16.0 Å². The Morgan fingerprint density at radius 3 is 2.62 bits per heavy atom. The van der Waals surface area contributed by atoms with Crippen molar-refractivity contribution in [1.29, 1.82) is 0 Å². The van der Waals surface area contributed by atoms with Crippen molar-refractivity contribution in [3.63, 3.8) is 0 Å². The van der Waals surface area contributed by atoms with E-state index >= 15 is 0 Å². The van der Waals surface area contributed by atoms with Crippen LogP contribution in [0.5, 0.6) is 0 Å². The molecule has 21 heavy (non-hydrogen) atoms. The number of carbonyl (C=O) groups is 2. The normalized spacial score (nSPS) is 28.4. The maximum atomic E-state index is 12.1. The molecular formula is C16H21N3O2. The fraction of sp³-hybridized carbons (Fsp3) is 0.500. The van der Waals surface area contributed by atoms with Crippen molar-refractivity contribution in [3.8, 4) is 0 Å². The molecule has 0 aromatic heterocycles. The second-order valence-corrected chi connectivity index (χ2v) is 5.84. The first-order valence-electron chi connectivity index (χ1n) is 7.64. The minimum Gasteiger partial charge on any atom is -0.350 e. The number of benzene rings is 1. The number of rotatable bonds is 3. The van der Waals surface area contributed by atoms with Crippen LogP contribution in [-0.2, 0) is 9.59 Å². The van der Waals surface area contributed by atoms with Gasteiger partial charge in [0.2, 0.25) is 11.8 Å². The molecule has 1 saturated heterocycles. The lowest BCUT2D eigenvalue weighted by Gasteiger charge is -2.40. The minimum absolute atomic E-state index is 0.0543. The molecule has 3 rings (SSSR count). The van der Waals surface area contributed by atoms with Crippen LogP contribution in [0.15, 0.2) is 30.3 Å². The number of piperazine rings is 1. The average molecular weight is 287 g/mol. The number of para-hydroxylation sites is 1. The minimum atomic E-state index is -0.423. The third-order valence-corrected chi connectivity index (χ3v) is 4.27. The van der Waals surface area contributed by atoms with Crippen LogP contribution in [0, 0.1) is 0 Å². The maximum absolute atomic E-state index is 12.1. The molecule has 0 spiro atoms. The molecule has 0 unspecified atom stereocenters. The van der Waals surface area contributed by atoms with E-state index in [1.165, 1.54) is 12.8 Å². The van der Waals surface area contributed by atoms with E-state index in [0.29, 0.717) is 6.04 Å². The number of carbonyl (C=O) groups excluding carboxylic acids is 2. The van der Waals surface area contributed by atoms with Crippen molar-refractivity contribution in [2.45, 2.75) is 50.2 Å². The molecule has 1 saturated carbocycles. The SMILES string of the molecule is O=C(C[C@@H]1N[C@@H]2CCCC[C@H]2NC1=O)Nc1ccccc1. The van der Waals surface area contributed by atoms with Gasteiger partial charge in [-0.1, -0.05) is 31.0 Å². The number of hydrogen-bond donors (Lipinski definition) is 3. The molecule has 1 aliphatic heterocycles. The van der Waals surface area contributed by atoms with E-state index in [9.17, 15) is 9.59 Å². The smallest absolute Gasteiger partial charge is 0.237 e. The summed E-state index contributed by atoms with van der Waals surface area (Å²) < 4.78 is 0. The molecule has 2 fully saturated rings. The molecule has 1 aliphatic carbocycles. The van der Waals surface area contributed by atoms with Crippen molar-refractivity contribution in [1.82, 2.24) is 10.6 Å². The molecule has 5 nitrogen and oxygen atoms in total. The summed E-state index contributed by atoms with van der Waals surface area (Å²) in [5, 5.41) is 9.23. The van der Waals surface area contributed by atoms with Crippen LogP contribution in [0.4, 0.5) is 5.69 Å². The number of fused-ring (bicyclic) bond motifs is 1. The molecule has 1 aromatic rings. The van der Waals surface area contributed by atoms with Crippen LogP contribution in [0.3, 0.4) is 0 Å². The Balaban J connectivity index is 1.56. The third kappa shape index (κ3) is 3.42. The van der Waals surface area contributed by atoms with E-state index in [4.69, 9.17) is 0 Å². The van der Waals surface area contributed by atoms with Gasteiger partial charge in [-0.25, -0.2) is 0 Å². The summed E-state index contributed by atoms with van der Waals surface area (Å²) in [6.07, 6.45) is 4.63. The van der Waals surface area contributed by atoms with Crippen molar-refractivity contribution in [3.05, 3.63) is 30.3 Å². The predicted octanol–water partition coefficient (Wildman–Crippen LogP) is 1.41. The molecule has 0 radical (unpaired) electrons. The number of amides is 2. The molecule has 1 aromatic carbocycles. The quantitative estimate of drug-likeness (QED) is 0.787. The summed E-state index contributed by atoms with van der Waals surface area (Å²) in [6.45, 7) is 0. The highest BCUT2D eigenvalue weighted by Gasteiger charge is 2.36. The van der Waals surface area contributed by atoms with E-state index in [0.717, 1.165) is 18.5 Å². The van der Waals surface area contributed by atoms with Crippen LogP contribution < -0.4 is 16.0 Å². The maximum Gasteiger partial charge on any atom is 0.237 e. The zero-order chi connectivity index (χ0) is 14.7. The Labute approximate surface area is 124 Å². The average Bonchev–Trinajstić information content (AvgIpc) is 2.49. The van der Waals surface area contributed by atoms with Gasteiger partial charge in [-0.15, -0.1) is 0 Å². The number of nitrogens with one attached hydrogen (secondary N) is 3. The zero-order valence-corrected chi connectivity index (χ0v) is 12.0. The van der Waals surface area contributed by atoms with Gasteiger partial charge in [0, 0.05) is 17.8 Å². The van der Waals surface area contributed by atoms with Crippen molar-refractivity contribution in [2.75, 3.05) is 5.32 Å². The van der Waals surface area contributed by atoms with Crippen LogP contribution in [0.25, 0.3) is 0 Å². The van der Waals surface area contributed by atoms with Gasteiger partial charge in [-0.05, 0) is 25.0 Å². The molecule has 0 bridgehead atoms. The summed E-state index contributed by atoms with van der Waals surface area (Å²) in [7, 11) is 0. The van der Waals surface area contributed by atoms with Gasteiger partial charge < -0.3 is 16.0 Å². The second kappa shape index (κ2) is 6.26. The first kappa shape index (κ1) is 14.1. The van der Waals surface area contributed by atoms with Crippen LogP contribution in [0.2, 0.25) is 0 Å². The van der Waals surface area contributed by atoms with E-state index in [1.54, 1.807) is 0 Å². The summed E-state index contributed by atoms with van der Waals surface area (Å²) >= 11 is 0. The molecule has 3 atom stereocenters. The Morgan fingerprint density at radius 1 is 1.14 bits per heavy atom. The van der Waals surface area contributed by atoms with Gasteiger partial charge >= 0.3 is 0 Å². The summed E-state index contributed by atoms with van der Waals surface area (Å²) in [4.78, 5) is 24.1. The summed E-state index contributed by atoms with van der Waals surface area (Å²) in [5.74, 6) is -0.190. The lowest BCUT2D eigenvalue weighted by molar-refractivity contribution is -0.129. The third-order valence-electron chi connectivity index (χ3n) is 4.27. The molecular weight excluding hydrogens is 266 g/mol. The highest BCUT2D eigenvalue weighted by Crippen LogP contribution is 2.22. The van der Waals surface area contributed by atoms with Gasteiger partial charge in [-0.2, -0.15) is 0 Å². The Morgan fingerprint density at radius 2 is 1.86 bits per heavy atom. The van der Waals surface area contributed by atoms with E-state index in [1.807, 2.05) is 30.3 Å². The Bertz CT molecular complexity index is 518. The highest BCUT2D eigenvalue weighted by molar-refractivity contribution is 5.95. The Kier molecular flexibility index (Phi) is 4.20. The lowest BCUT2D eigenvalue weighted by Crippen LogP contribution is -2.65. The summed E-state index contributed by atoms with van der Waals surface area (Å²) in [6, 6.07) is 9.43. The van der Waals surface area contributed by atoms with Crippen LogP contribution in [0.1, 0.15) is 32.1 Å². The molecule has 3 N–H and O–H groups in total. The first-order chi connectivity index (χ1) is 10.2. The van der Waals surface area contributed by atoms with Crippen molar-refractivity contribution < 1.29 is 9.59 Å². The fourth-order valence-corrected chi connectivity index (χ4v) is 3.19. The van der Waals surface area contributed by atoms with Gasteiger partial charge in [0.05, 0.1) is 12.5 Å². The van der Waals surface area contributed by atoms with Gasteiger partial charge in [-0.3, -0.25) is 9.59 Å². The lowest BCUT2D eigenvalue weighted by atomic mass is 9.87. The van der Waals surface area contributed by atoms with Gasteiger partial charge in [0.15, 0.2) is 0 Å². The first-order valence-corrected chi connectivity index (χ1v) is 7.64. The topological polar surface area (TPSA) is 70.2 Å². The fourth-order valence-electron chi connectivity index (χ4n) is 3.19. The molecule has 2 amide bonds. The second-order valence-electron chi connectivity index (χ2n) is 5.84. The van der Waals surface area contributed by atoms with Gasteiger partial charge in [0.25, 0.3) is 0 Å². The number of hydrogen-bond acceptors (Lipinski definition) is 3. The van der Waals surface area contributed by atoms with E-state index < -0.39 is 6.04 Å². The highest BCUT2D eigenvalue weighted by atomic mass is 16.2. The standard InChI is InChI=1S/C16H21N3O2/c20-15(17-11-6-2-1-3-7-11)10-14-16(21)19-13-9-5-4-8-12(13)18-14/h1-3,6-7,12-14,18H,4-5,8-10H2,(H,17,20)(H,19,21)/t12-,13-,14+/m1/s1. The largest absolute Gasteiger partial charge is 0.350 e. The van der Waals surface area contributed by atoms with E-state index in [-0.39, 0.29) is 24.3 Å². The molecule has 5 heteroatoms. The van der Waals surface area contributed by atoms with Crippen molar-refractivity contribution in [2.24, 2.45) is 0 Å². The number of anilines is 1. The monoisotopic (exact) mass is 287 g/mol. The van der Waals surface area contributed by atoms with Crippen molar-refractivity contribution >= 4 is 17.5 Å². The molecule has 2 aliphatic rings. The zero-order valence-electron chi connectivity index (χ0n) is 12.0.